The summed E-state index contributed by atoms with van der Waals surface area (Å²) in [5, 5.41) is 16.6. The van der Waals surface area contributed by atoms with Crippen molar-refractivity contribution in [3.05, 3.63) is 60.2 Å². The first-order chi connectivity index (χ1) is 14.5. The molecule has 8 nitrogen and oxygen atoms in total. The molecule has 0 heterocycles. The van der Waals surface area contributed by atoms with Crippen LogP contribution in [0.2, 0.25) is 0 Å². The first-order valence-electron chi connectivity index (χ1n) is 9.32. The van der Waals surface area contributed by atoms with Crippen LogP contribution in [0.4, 0.5) is 5.69 Å². The predicted molar refractivity (Wildman–Crippen MR) is 115 cm³/mol. The van der Waals surface area contributed by atoms with Crippen molar-refractivity contribution in [2.75, 3.05) is 19.0 Å². The maximum atomic E-state index is 12.0. The molecule has 0 radical (unpaired) electrons. The third kappa shape index (κ3) is 6.66. The molecule has 0 aliphatic heterocycles. The monoisotopic (exact) mass is 411 g/mol. The quantitative estimate of drug-likeness (QED) is 0.241. The number of amides is 2. The molecule has 2 aromatic rings. The number of phenols is 1. The Balaban J connectivity index is 1.90. The molecule has 0 aromatic heterocycles. The number of hydrogen-bond donors (Lipinski definition) is 3. The van der Waals surface area contributed by atoms with Gasteiger partial charge in [-0.15, -0.1) is 6.58 Å². The van der Waals surface area contributed by atoms with Gasteiger partial charge in [0.15, 0.2) is 11.5 Å². The van der Waals surface area contributed by atoms with E-state index >= 15 is 0 Å². The molecular weight excluding hydrogens is 386 g/mol. The number of nitrogens with one attached hydrogen (secondary N) is 2. The van der Waals surface area contributed by atoms with Gasteiger partial charge in [0, 0.05) is 11.3 Å². The van der Waals surface area contributed by atoms with Gasteiger partial charge in [-0.3, -0.25) is 9.59 Å². The van der Waals surface area contributed by atoms with Gasteiger partial charge in [0.05, 0.1) is 19.9 Å². The summed E-state index contributed by atoms with van der Waals surface area (Å²) in [7, 11) is 1.44. The number of hydrazone groups is 1. The zero-order valence-corrected chi connectivity index (χ0v) is 17.0. The van der Waals surface area contributed by atoms with Crippen molar-refractivity contribution in [3.8, 4) is 17.2 Å². The number of phenolic OH excluding ortho intramolecular Hbond substituents is 1. The Morgan fingerprint density at radius 2 is 1.93 bits per heavy atom. The Morgan fingerprint density at radius 1 is 1.20 bits per heavy atom. The zero-order chi connectivity index (χ0) is 21.9. The molecule has 0 fully saturated rings. The zero-order valence-electron chi connectivity index (χ0n) is 17.0. The van der Waals surface area contributed by atoms with E-state index in [0.717, 1.165) is 0 Å². The summed E-state index contributed by atoms with van der Waals surface area (Å²) < 4.78 is 10.5. The second-order valence-corrected chi connectivity index (χ2v) is 6.20. The lowest BCUT2D eigenvalue weighted by molar-refractivity contribution is -0.126. The molecule has 0 aliphatic carbocycles. The minimum Gasteiger partial charge on any atom is -0.504 e. The lowest BCUT2D eigenvalue weighted by atomic mass is 10.1. The van der Waals surface area contributed by atoms with E-state index in [4.69, 9.17) is 9.47 Å². The molecular formula is C22H25N3O5. The molecule has 2 amide bonds. The van der Waals surface area contributed by atoms with E-state index in [1.165, 1.54) is 13.3 Å². The average Bonchev–Trinajstić information content (AvgIpc) is 2.72. The van der Waals surface area contributed by atoms with E-state index in [1.807, 2.05) is 6.92 Å². The fourth-order valence-electron chi connectivity index (χ4n) is 2.60. The van der Waals surface area contributed by atoms with Gasteiger partial charge in [0.25, 0.3) is 0 Å². The molecule has 0 atom stereocenters. The predicted octanol–water partition coefficient (Wildman–Crippen LogP) is 3.01. The highest BCUT2D eigenvalue weighted by Crippen LogP contribution is 2.31. The number of anilines is 1. The molecule has 3 N–H and O–H groups in total. The summed E-state index contributed by atoms with van der Waals surface area (Å²) in [5.74, 6) is -0.00993. The maximum absolute atomic E-state index is 12.0. The highest BCUT2D eigenvalue weighted by atomic mass is 16.5. The van der Waals surface area contributed by atoms with E-state index in [2.05, 4.69) is 22.4 Å². The molecule has 0 spiro atoms. The van der Waals surface area contributed by atoms with E-state index in [-0.39, 0.29) is 17.9 Å². The topological polar surface area (TPSA) is 109 Å². The van der Waals surface area contributed by atoms with E-state index in [1.54, 1.807) is 42.5 Å². The average molecular weight is 411 g/mol. The second kappa shape index (κ2) is 11.3. The van der Waals surface area contributed by atoms with Gasteiger partial charge in [-0.1, -0.05) is 6.08 Å². The fraction of sp³-hybridized carbons (Fsp3) is 0.227. The van der Waals surface area contributed by atoms with Crippen LogP contribution in [-0.4, -0.2) is 36.9 Å². The third-order valence-electron chi connectivity index (χ3n) is 3.93. The second-order valence-electron chi connectivity index (χ2n) is 6.20. The Hall–Kier alpha value is -3.81. The standard InChI is InChI=1S/C22H25N3O5/c1-4-6-16-11-15(12-19(29-3)22(16)28)14-23-25-21(27)13-20(26)24-17-7-9-18(10-8-17)30-5-2/h4,7-12,14,28H,1,5-6,13H2,2-3H3,(H,24,26)(H,25,27)/b23-14+. The van der Waals surface area contributed by atoms with Crippen LogP contribution in [0.5, 0.6) is 17.2 Å². The fourth-order valence-corrected chi connectivity index (χ4v) is 2.60. The Morgan fingerprint density at radius 3 is 2.57 bits per heavy atom. The van der Waals surface area contributed by atoms with Crippen molar-refractivity contribution in [2.24, 2.45) is 5.10 Å². The third-order valence-corrected chi connectivity index (χ3v) is 3.93. The van der Waals surface area contributed by atoms with E-state index in [0.29, 0.717) is 35.6 Å². The van der Waals surface area contributed by atoms with Gasteiger partial charge in [0.2, 0.25) is 11.8 Å². The summed E-state index contributed by atoms with van der Waals surface area (Å²) in [4.78, 5) is 23.9. The van der Waals surface area contributed by atoms with Crippen LogP contribution in [0.3, 0.4) is 0 Å². The maximum Gasteiger partial charge on any atom is 0.249 e. The van der Waals surface area contributed by atoms with Gasteiger partial charge >= 0.3 is 0 Å². The van der Waals surface area contributed by atoms with Crippen LogP contribution < -0.4 is 20.2 Å². The first kappa shape index (κ1) is 22.5. The molecule has 0 aliphatic rings. The largest absolute Gasteiger partial charge is 0.504 e. The smallest absolute Gasteiger partial charge is 0.249 e. The number of rotatable bonds is 10. The van der Waals surface area contributed by atoms with Crippen LogP contribution in [0, 0.1) is 0 Å². The molecule has 0 saturated carbocycles. The Labute approximate surface area is 175 Å². The Kier molecular flexibility index (Phi) is 8.43. The van der Waals surface area contributed by atoms with Crippen molar-refractivity contribution in [1.29, 1.82) is 0 Å². The number of allylic oxidation sites excluding steroid dienone is 1. The number of carbonyl (C=O) groups is 2. The summed E-state index contributed by atoms with van der Waals surface area (Å²) in [6, 6.07) is 10.1. The summed E-state index contributed by atoms with van der Waals surface area (Å²) in [5.41, 5.74) is 4.09. The number of carbonyl (C=O) groups excluding carboxylic acids is 2. The highest BCUT2D eigenvalue weighted by Gasteiger charge is 2.10. The van der Waals surface area contributed by atoms with Gasteiger partial charge in [-0.25, -0.2) is 5.43 Å². The molecule has 0 saturated heterocycles. The van der Waals surface area contributed by atoms with Crippen LogP contribution in [-0.2, 0) is 16.0 Å². The van der Waals surface area contributed by atoms with Crippen molar-refractivity contribution >= 4 is 23.7 Å². The summed E-state index contributed by atoms with van der Waals surface area (Å²) >= 11 is 0. The van der Waals surface area contributed by atoms with Gasteiger partial charge < -0.3 is 19.9 Å². The van der Waals surface area contributed by atoms with Crippen LogP contribution in [0.15, 0.2) is 54.2 Å². The lowest BCUT2D eigenvalue weighted by Gasteiger charge is -2.09. The Bertz CT molecular complexity index is 923. The van der Waals surface area contributed by atoms with Gasteiger partial charge in [-0.05, 0) is 55.3 Å². The minimum atomic E-state index is -0.563. The molecule has 0 unspecified atom stereocenters. The summed E-state index contributed by atoms with van der Waals surface area (Å²) in [6.45, 7) is 6.09. The number of benzene rings is 2. The SMILES string of the molecule is C=CCc1cc(/C=N/NC(=O)CC(=O)Nc2ccc(OCC)cc2)cc(OC)c1O. The molecule has 8 heteroatoms. The van der Waals surface area contributed by atoms with Crippen molar-refractivity contribution in [1.82, 2.24) is 5.43 Å². The number of nitrogens with zero attached hydrogens (tertiary/aromatic N) is 1. The van der Waals surface area contributed by atoms with E-state index in [9.17, 15) is 14.7 Å². The molecule has 158 valence electrons. The number of methoxy groups -OCH3 is 1. The number of ether oxygens (including phenoxy) is 2. The highest BCUT2D eigenvalue weighted by molar-refractivity contribution is 6.03. The van der Waals surface area contributed by atoms with Gasteiger partial charge in [0.1, 0.15) is 12.2 Å². The molecule has 2 rings (SSSR count). The number of hydrogen-bond acceptors (Lipinski definition) is 6. The summed E-state index contributed by atoms with van der Waals surface area (Å²) in [6.07, 6.45) is 3.12. The van der Waals surface area contributed by atoms with Crippen molar-refractivity contribution < 1.29 is 24.2 Å². The van der Waals surface area contributed by atoms with Crippen molar-refractivity contribution in [3.63, 3.8) is 0 Å². The molecule has 2 aromatic carbocycles. The molecule has 0 bridgehead atoms. The van der Waals surface area contributed by atoms with Crippen LogP contribution in [0.25, 0.3) is 0 Å². The first-order valence-corrected chi connectivity index (χ1v) is 9.32. The van der Waals surface area contributed by atoms with Crippen LogP contribution >= 0.6 is 0 Å². The lowest BCUT2D eigenvalue weighted by Crippen LogP contribution is -2.24. The van der Waals surface area contributed by atoms with E-state index < -0.39 is 11.8 Å². The minimum absolute atomic E-state index is 0.0320. The number of aromatic hydroxyl groups is 1. The van der Waals surface area contributed by atoms with Crippen LogP contribution in [0.1, 0.15) is 24.5 Å². The molecule has 30 heavy (non-hydrogen) atoms. The van der Waals surface area contributed by atoms with Crippen molar-refractivity contribution in [2.45, 2.75) is 19.8 Å². The normalized spacial score (nSPS) is 10.5. The van der Waals surface area contributed by atoms with Gasteiger partial charge in [-0.2, -0.15) is 5.10 Å².